The molecule has 2 aromatic carbocycles. The number of hydrogen-bond acceptors (Lipinski definition) is 2. The van der Waals surface area contributed by atoms with Gasteiger partial charge in [0, 0.05) is 23.9 Å². The van der Waals surface area contributed by atoms with Gasteiger partial charge < -0.3 is 0 Å². The molecule has 0 saturated carbocycles. The third kappa shape index (κ3) is 2.63. The van der Waals surface area contributed by atoms with Crippen LogP contribution in [0.2, 0.25) is 0 Å². The molecule has 21 heavy (non-hydrogen) atoms. The van der Waals surface area contributed by atoms with Crippen molar-refractivity contribution in [3.63, 3.8) is 0 Å². The second kappa shape index (κ2) is 5.37. The molecule has 104 valence electrons. The monoisotopic (exact) mass is 276 g/mol. The molecular formula is C18H16N2O. The fraction of sp³-hybridized carbons (Fsp3) is 0.111. The largest absolute Gasteiger partial charge is 0.289 e. The van der Waals surface area contributed by atoms with Crippen molar-refractivity contribution in [2.24, 2.45) is 7.05 Å². The molecule has 0 aliphatic rings. The molecule has 0 atom stereocenters. The maximum atomic E-state index is 12.3. The Balaban J connectivity index is 1.88. The van der Waals surface area contributed by atoms with Crippen LogP contribution in [0.4, 0.5) is 0 Å². The summed E-state index contributed by atoms with van der Waals surface area (Å²) in [5.74, 6) is 0.00371. The number of nitrogens with zero attached hydrogens (tertiary/aromatic N) is 2. The number of carbonyl (C=O) groups is 1. The molecule has 1 aromatic heterocycles. The van der Waals surface area contributed by atoms with Gasteiger partial charge in [0.2, 0.25) is 0 Å². The molecule has 0 aliphatic carbocycles. The van der Waals surface area contributed by atoms with E-state index in [4.69, 9.17) is 0 Å². The maximum absolute atomic E-state index is 12.3. The fourth-order valence-corrected chi connectivity index (χ4v) is 2.28. The van der Waals surface area contributed by atoms with Crippen molar-refractivity contribution in [1.29, 1.82) is 0 Å². The number of hydrogen-bond donors (Lipinski definition) is 0. The quantitative estimate of drug-likeness (QED) is 0.539. The molecule has 0 bridgehead atoms. The zero-order valence-corrected chi connectivity index (χ0v) is 12.1. The Morgan fingerprint density at radius 1 is 1.14 bits per heavy atom. The van der Waals surface area contributed by atoms with Crippen LogP contribution in [0.15, 0.2) is 54.7 Å². The molecule has 0 unspecified atom stereocenters. The first kappa shape index (κ1) is 13.3. The minimum Gasteiger partial charge on any atom is -0.289 e. The zero-order valence-electron chi connectivity index (χ0n) is 12.1. The predicted molar refractivity (Wildman–Crippen MR) is 85.3 cm³/mol. The van der Waals surface area contributed by atoms with Crippen LogP contribution >= 0.6 is 0 Å². The Morgan fingerprint density at radius 3 is 2.62 bits per heavy atom. The number of allylic oxidation sites excluding steroid dienone is 1. The van der Waals surface area contributed by atoms with Crippen molar-refractivity contribution >= 4 is 22.6 Å². The van der Waals surface area contributed by atoms with Gasteiger partial charge in [0.1, 0.15) is 0 Å². The molecule has 0 N–H and O–H groups in total. The third-order valence-electron chi connectivity index (χ3n) is 3.72. The summed E-state index contributed by atoms with van der Waals surface area (Å²) in [7, 11) is 1.89. The van der Waals surface area contributed by atoms with Crippen molar-refractivity contribution in [2.45, 2.75) is 6.92 Å². The summed E-state index contributed by atoms with van der Waals surface area (Å²) in [6.07, 6.45) is 5.19. The highest BCUT2D eigenvalue weighted by atomic mass is 16.1. The van der Waals surface area contributed by atoms with E-state index in [0.717, 1.165) is 22.0 Å². The van der Waals surface area contributed by atoms with Crippen LogP contribution in [-0.2, 0) is 7.05 Å². The van der Waals surface area contributed by atoms with Gasteiger partial charge in [-0.1, -0.05) is 36.4 Å². The summed E-state index contributed by atoms with van der Waals surface area (Å²) in [4.78, 5) is 12.3. The third-order valence-corrected chi connectivity index (χ3v) is 3.72. The summed E-state index contributed by atoms with van der Waals surface area (Å²) in [5, 5.41) is 6.38. The summed E-state index contributed by atoms with van der Waals surface area (Å²) < 4.78 is 1.79. The minimum atomic E-state index is 0.00371. The Labute approximate surface area is 123 Å². The highest BCUT2D eigenvalue weighted by Crippen LogP contribution is 2.17. The Morgan fingerprint density at radius 2 is 1.90 bits per heavy atom. The number of carbonyl (C=O) groups excluding carboxylic acids is 1. The van der Waals surface area contributed by atoms with Crippen LogP contribution in [0, 0.1) is 6.92 Å². The van der Waals surface area contributed by atoms with Gasteiger partial charge in [0.05, 0.1) is 6.20 Å². The Bertz CT molecular complexity index is 843. The van der Waals surface area contributed by atoms with E-state index in [9.17, 15) is 4.79 Å². The van der Waals surface area contributed by atoms with Gasteiger partial charge in [-0.05, 0) is 35.9 Å². The molecule has 3 heteroatoms. The van der Waals surface area contributed by atoms with E-state index in [2.05, 4.69) is 5.10 Å². The van der Waals surface area contributed by atoms with E-state index in [1.54, 1.807) is 17.0 Å². The molecule has 0 fully saturated rings. The fourth-order valence-electron chi connectivity index (χ4n) is 2.28. The maximum Gasteiger partial charge on any atom is 0.185 e. The molecule has 3 nitrogen and oxygen atoms in total. The lowest BCUT2D eigenvalue weighted by molar-refractivity contribution is 0.104. The second-order valence-corrected chi connectivity index (χ2v) is 5.07. The van der Waals surface area contributed by atoms with E-state index in [0.29, 0.717) is 5.56 Å². The minimum absolute atomic E-state index is 0.00371. The second-order valence-electron chi connectivity index (χ2n) is 5.07. The molecule has 3 aromatic rings. The summed E-state index contributed by atoms with van der Waals surface area (Å²) >= 11 is 0. The van der Waals surface area contributed by atoms with E-state index >= 15 is 0 Å². The lowest BCUT2D eigenvalue weighted by Crippen LogP contribution is -1.94. The van der Waals surface area contributed by atoms with Gasteiger partial charge in [0.15, 0.2) is 5.78 Å². The SMILES string of the molecule is Cc1c(/C=C/C(=O)c2ccc3ccccc3c2)cnn1C. The zero-order chi connectivity index (χ0) is 14.8. The number of aryl methyl sites for hydroxylation is 1. The highest BCUT2D eigenvalue weighted by Gasteiger charge is 2.04. The molecule has 0 saturated heterocycles. The number of rotatable bonds is 3. The van der Waals surface area contributed by atoms with Gasteiger partial charge in [-0.3, -0.25) is 9.48 Å². The Hall–Kier alpha value is -2.68. The average Bonchev–Trinajstić information content (AvgIpc) is 2.84. The topological polar surface area (TPSA) is 34.9 Å². The normalized spacial score (nSPS) is 11.3. The first-order chi connectivity index (χ1) is 10.1. The van der Waals surface area contributed by atoms with Crippen LogP contribution in [0.1, 0.15) is 21.6 Å². The standard InChI is InChI=1S/C18H16N2O/c1-13-17(12-19-20(13)2)9-10-18(21)16-8-7-14-5-3-4-6-15(14)11-16/h3-12H,1-2H3/b10-9+. The molecule has 0 amide bonds. The molecule has 0 aliphatic heterocycles. The summed E-state index contributed by atoms with van der Waals surface area (Å²) in [5.41, 5.74) is 2.70. The predicted octanol–water partition coefficient (Wildman–Crippen LogP) is 3.78. The van der Waals surface area contributed by atoms with Crippen LogP contribution in [0.25, 0.3) is 16.8 Å². The number of ketones is 1. The number of fused-ring (bicyclic) bond motifs is 1. The molecule has 1 heterocycles. The van der Waals surface area contributed by atoms with Crippen molar-refractivity contribution < 1.29 is 4.79 Å². The van der Waals surface area contributed by atoms with Crippen molar-refractivity contribution in [3.05, 3.63) is 71.6 Å². The lowest BCUT2D eigenvalue weighted by Gasteiger charge is -2.00. The number of aromatic nitrogens is 2. The molecule has 3 rings (SSSR count). The average molecular weight is 276 g/mol. The van der Waals surface area contributed by atoms with Gasteiger partial charge in [-0.25, -0.2) is 0 Å². The van der Waals surface area contributed by atoms with E-state index in [1.165, 1.54) is 0 Å². The van der Waals surface area contributed by atoms with Crippen LogP contribution in [0.5, 0.6) is 0 Å². The van der Waals surface area contributed by atoms with Gasteiger partial charge >= 0.3 is 0 Å². The number of benzene rings is 2. The molecule has 0 radical (unpaired) electrons. The van der Waals surface area contributed by atoms with Crippen molar-refractivity contribution in [2.75, 3.05) is 0 Å². The summed E-state index contributed by atoms with van der Waals surface area (Å²) in [6.45, 7) is 1.98. The molecular weight excluding hydrogens is 260 g/mol. The first-order valence-electron chi connectivity index (χ1n) is 6.85. The van der Waals surface area contributed by atoms with Gasteiger partial charge in [-0.2, -0.15) is 5.10 Å². The summed E-state index contributed by atoms with van der Waals surface area (Å²) in [6, 6.07) is 13.8. The van der Waals surface area contributed by atoms with E-state index < -0.39 is 0 Å². The van der Waals surface area contributed by atoms with Crippen LogP contribution in [0.3, 0.4) is 0 Å². The lowest BCUT2D eigenvalue weighted by atomic mass is 10.0. The van der Waals surface area contributed by atoms with Gasteiger partial charge in [-0.15, -0.1) is 0 Å². The van der Waals surface area contributed by atoms with Crippen molar-refractivity contribution in [1.82, 2.24) is 9.78 Å². The van der Waals surface area contributed by atoms with E-state index in [-0.39, 0.29) is 5.78 Å². The smallest absolute Gasteiger partial charge is 0.185 e. The van der Waals surface area contributed by atoms with E-state index in [1.807, 2.05) is 62.5 Å². The highest BCUT2D eigenvalue weighted by molar-refractivity contribution is 6.08. The Kier molecular flexibility index (Phi) is 3.40. The first-order valence-corrected chi connectivity index (χ1v) is 6.85. The van der Waals surface area contributed by atoms with Crippen LogP contribution < -0.4 is 0 Å². The van der Waals surface area contributed by atoms with Gasteiger partial charge in [0.25, 0.3) is 0 Å². The molecule has 0 spiro atoms. The van der Waals surface area contributed by atoms with Crippen molar-refractivity contribution in [3.8, 4) is 0 Å². The van der Waals surface area contributed by atoms with Crippen LogP contribution in [-0.4, -0.2) is 15.6 Å².